The molecular weight excluding hydrogens is 507 g/mol. The highest BCUT2D eigenvalue weighted by atomic mass is 32.1. The normalized spacial score (nSPS) is 15.1. The Labute approximate surface area is 215 Å². The van der Waals surface area contributed by atoms with Gasteiger partial charge in [0.25, 0.3) is 11.8 Å². The molecule has 0 aliphatic carbocycles. The van der Waals surface area contributed by atoms with Crippen LogP contribution in [0.2, 0.25) is 0 Å². The van der Waals surface area contributed by atoms with Crippen LogP contribution in [0.5, 0.6) is 0 Å². The summed E-state index contributed by atoms with van der Waals surface area (Å²) >= 11 is 5.20. The number of carbonyl (C=O) groups excluding carboxylic acids is 2. The number of benzene rings is 2. The van der Waals surface area contributed by atoms with Crippen LogP contribution in [0.15, 0.2) is 72.8 Å². The van der Waals surface area contributed by atoms with Crippen molar-refractivity contribution in [3.05, 3.63) is 93.7 Å². The third-order valence-corrected chi connectivity index (χ3v) is 15.8. The van der Waals surface area contributed by atoms with Crippen molar-refractivity contribution in [1.82, 2.24) is 5.32 Å². The van der Waals surface area contributed by atoms with Crippen LogP contribution in [0, 0.1) is 13.8 Å². The van der Waals surface area contributed by atoms with Gasteiger partial charge >= 0.3 is 0 Å². The number of nitrogens with one attached hydrogen (secondary N) is 1. The van der Waals surface area contributed by atoms with Crippen molar-refractivity contribution >= 4 is 74.6 Å². The fourth-order valence-electron chi connectivity index (χ4n) is 5.66. The number of hydrogen-bond acceptors (Lipinski definition) is 5. The summed E-state index contributed by atoms with van der Waals surface area (Å²) in [6, 6.07) is 26.6. The Morgan fingerprint density at radius 3 is 1.89 bits per heavy atom. The van der Waals surface area contributed by atoms with Crippen LogP contribution in [-0.4, -0.2) is 19.9 Å². The first kappa shape index (κ1) is 21.2. The Hall–Kier alpha value is -3.10. The number of thiophene rings is 3. The van der Waals surface area contributed by atoms with Gasteiger partial charge in [-0.15, -0.1) is 34.0 Å². The summed E-state index contributed by atoms with van der Waals surface area (Å²) in [5.41, 5.74) is 1.09. The Bertz CT molecular complexity index is 1640. The van der Waals surface area contributed by atoms with Crippen molar-refractivity contribution in [2.24, 2.45) is 0 Å². The van der Waals surface area contributed by atoms with Crippen LogP contribution >= 0.6 is 34.0 Å². The first-order valence-electron chi connectivity index (χ1n) is 11.4. The Kier molecular flexibility index (Phi) is 4.51. The number of hydrogen-bond donors (Lipinski definition) is 1. The molecule has 0 saturated carbocycles. The van der Waals surface area contributed by atoms with Crippen molar-refractivity contribution in [3.63, 3.8) is 0 Å². The third kappa shape index (κ3) is 2.75. The van der Waals surface area contributed by atoms with Gasteiger partial charge in [0, 0.05) is 24.4 Å². The van der Waals surface area contributed by atoms with E-state index in [1.165, 1.54) is 35.4 Å². The highest BCUT2D eigenvalue weighted by molar-refractivity contribution is 7.35. The van der Waals surface area contributed by atoms with Crippen LogP contribution < -0.4 is 26.1 Å². The van der Waals surface area contributed by atoms with Gasteiger partial charge in [0.05, 0.1) is 16.0 Å². The second-order valence-corrected chi connectivity index (χ2v) is 16.2. The van der Waals surface area contributed by atoms with Crippen LogP contribution in [0.3, 0.4) is 0 Å². The number of amides is 2. The molecule has 0 bridgehead atoms. The molecule has 0 unspecified atom stereocenters. The zero-order valence-corrected chi connectivity index (χ0v) is 22.4. The van der Waals surface area contributed by atoms with Crippen molar-refractivity contribution in [3.8, 4) is 19.5 Å². The smallest absolute Gasteiger partial charge is 0.260 e. The fraction of sp³-hybridized carbons (Fsp3) is 0.0714. The zero-order valence-electron chi connectivity index (χ0n) is 19.0. The van der Waals surface area contributed by atoms with E-state index in [0.717, 1.165) is 14.6 Å². The number of imide groups is 1. The van der Waals surface area contributed by atoms with Gasteiger partial charge in [0.2, 0.25) is 0 Å². The molecule has 0 radical (unpaired) electrons. The van der Waals surface area contributed by atoms with E-state index in [4.69, 9.17) is 0 Å². The topological polar surface area (TPSA) is 46.2 Å². The standard InChI is InChI=1S/C28H19NO2S3Si/c1-15-13-20-25(32-15)26-21(35(20,17-9-5-3-6-10-17)18-11-7-4-8-12-18)14-19(34-26)24-23-22(16(2)33-24)27(30)29-28(23)31/h3-14H,1-2H3,(H,29,30,31). The molecule has 0 atom stereocenters. The molecule has 5 heterocycles. The van der Waals surface area contributed by atoms with Gasteiger partial charge in [-0.2, -0.15) is 0 Å². The summed E-state index contributed by atoms with van der Waals surface area (Å²) in [7, 11) is -2.51. The van der Waals surface area contributed by atoms with Gasteiger partial charge in [0.1, 0.15) is 0 Å². The Morgan fingerprint density at radius 2 is 1.23 bits per heavy atom. The van der Waals surface area contributed by atoms with E-state index in [1.807, 2.05) is 18.3 Å². The van der Waals surface area contributed by atoms with Crippen LogP contribution in [-0.2, 0) is 0 Å². The van der Waals surface area contributed by atoms with Crippen molar-refractivity contribution in [2.45, 2.75) is 13.8 Å². The molecule has 35 heavy (non-hydrogen) atoms. The number of fused-ring (bicyclic) bond motifs is 4. The molecule has 3 aromatic heterocycles. The second-order valence-electron chi connectivity index (χ2n) is 8.96. The monoisotopic (exact) mass is 525 g/mol. The van der Waals surface area contributed by atoms with E-state index in [-0.39, 0.29) is 11.8 Å². The largest absolute Gasteiger partial charge is 0.288 e. The number of carbonyl (C=O) groups is 2. The summed E-state index contributed by atoms with van der Waals surface area (Å²) in [5.74, 6) is -0.553. The summed E-state index contributed by atoms with van der Waals surface area (Å²) in [6.07, 6.45) is 0. The van der Waals surface area contributed by atoms with Crippen LogP contribution in [0.1, 0.15) is 30.5 Å². The molecular formula is C28H19NO2S3Si. The maximum absolute atomic E-state index is 12.7. The van der Waals surface area contributed by atoms with Gasteiger partial charge < -0.3 is 0 Å². The fourth-order valence-corrected chi connectivity index (χ4v) is 15.6. The maximum atomic E-state index is 12.7. The summed E-state index contributed by atoms with van der Waals surface area (Å²) in [4.78, 5) is 32.0. The Balaban J connectivity index is 1.56. The average Bonchev–Trinajstić information content (AvgIpc) is 3.63. The molecule has 3 nitrogen and oxygen atoms in total. The van der Waals surface area contributed by atoms with Crippen LogP contribution in [0.4, 0.5) is 0 Å². The van der Waals surface area contributed by atoms with Crippen molar-refractivity contribution in [1.29, 1.82) is 0 Å². The second kappa shape index (κ2) is 7.45. The van der Waals surface area contributed by atoms with E-state index in [2.05, 4.69) is 85.0 Å². The van der Waals surface area contributed by atoms with Gasteiger partial charge in [0.15, 0.2) is 8.07 Å². The molecule has 2 aliphatic rings. The van der Waals surface area contributed by atoms with E-state index in [9.17, 15) is 9.59 Å². The zero-order chi connectivity index (χ0) is 23.9. The van der Waals surface area contributed by atoms with E-state index < -0.39 is 8.07 Å². The lowest BCUT2D eigenvalue weighted by atomic mass is 10.1. The highest BCUT2D eigenvalue weighted by Gasteiger charge is 2.51. The lowest BCUT2D eigenvalue weighted by Gasteiger charge is -2.30. The van der Waals surface area contributed by atoms with Crippen molar-refractivity contribution < 1.29 is 9.59 Å². The predicted molar refractivity (Wildman–Crippen MR) is 149 cm³/mol. The molecule has 2 aromatic carbocycles. The lowest BCUT2D eigenvalue weighted by Crippen LogP contribution is -2.72. The van der Waals surface area contributed by atoms with E-state index >= 15 is 0 Å². The van der Waals surface area contributed by atoms with E-state index in [1.54, 1.807) is 22.7 Å². The molecule has 170 valence electrons. The quantitative estimate of drug-likeness (QED) is 0.275. The average molecular weight is 526 g/mol. The van der Waals surface area contributed by atoms with E-state index in [0.29, 0.717) is 11.1 Å². The van der Waals surface area contributed by atoms with Crippen molar-refractivity contribution in [2.75, 3.05) is 0 Å². The molecule has 5 aromatic rings. The molecule has 2 aliphatic heterocycles. The summed E-state index contributed by atoms with van der Waals surface area (Å²) in [6.45, 7) is 4.12. The van der Waals surface area contributed by atoms with Gasteiger partial charge in [-0.1, -0.05) is 60.7 Å². The Morgan fingerprint density at radius 1 is 0.657 bits per heavy atom. The first-order chi connectivity index (χ1) is 17.0. The maximum Gasteiger partial charge on any atom is 0.260 e. The minimum Gasteiger partial charge on any atom is -0.288 e. The molecule has 7 rings (SSSR count). The molecule has 2 amide bonds. The number of rotatable bonds is 3. The molecule has 0 fully saturated rings. The minimum atomic E-state index is -2.51. The summed E-state index contributed by atoms with van der Waals surface area (Å²) in [5, 5.41) is 8.09. The molecule has 1 N–H and O–H groups in total. The van der Waals surface area contributed by atoms with Gasteiger partial charge in [-0.05, 0) is 46.7 Å². The SMILES string of the molecule is Cc1cc2c(s1)-c1sc(-c3sc(C)c4c3C(=O)NC4=O)cc1[Si]2(c1ccccc1)c1ccccc1. The highest BCUT2D eigenvalue weighted by Crippen LogP contribution is 2.46. The minimum absolute atomic E-state index is 0.275. The first-order valence-corrected chi connectivity index (χ1v) is 15.8. The predicted octanol–water partition coefficient (Wildman–Crippen LogP) is 4.40. The van der Waals surface area contributed by atoms with Gasteiger partial charge in [-0.3, -0.25) is 14.9 Å². The molecule has 7 heteroatoms. The molecule has 0 saturated heterocycles. The third-order valence-electron chi connectivity index (χ3n) is 7.00. The lowest BCUT2D eigenvalue weighted by molar-refractivity contribution is 0.0879. The number of aryl methyl sites for hydroxylation is 2. The van der Waals surface area contributed by atoms with Gasteiger partial charge in [-0.25, -0.2) is 0 Å². The van der Waals surface area contributed by atoms with Crippen LogP contribution in [0.25, 0.3) is 19.5 Å². The molecule has 0 spiro atoms. The summed E-state index contributed by atoms with van der Waals surface area (Å²) < 4.78 is 0.